The van der Waals surface area contributed by atoms with Gasteiger partial charge in [0.05, 0.1) is 11.8 Å². The maximum absolute atomic E-state index is 12.1. The Bertz CT molecular complexity index is 799. The summed E-state index contributed by atoms with van der Waals surface area (Å²) in [7, 11) is -1.70. The molecule has 0 spiro atoms. The van der Waals surface area contributed by atoms with E-state index in [1.807, 2.05) is 67.6 Å². The first-order chi connectivity index (χ1) is 12.5. The number of guanidine groups is 1. The summed E-state index contributed by atoms with van der Waals surface area (Å²) in [4.78, 5) is 4.15. The molecule has 0 aliphatic heterocycles. The third kappa shape index (κ3) is 8.72. The van der Waals surface area contributed by atoms with Crippen LogP contribution in [0.2, 0.25) is 0 Å². The van der Waals surface area contributed by atoms with Gasteiger partial charge in [-0.1, -0.05) is 60.7 Å². The minimum Gasteiger partial charge on any atom is -0.355 e. The molecule has 0 saturated carbocycles. The van der Waals surface area contributed by atoms with Crippen molar-refractivity contribution in [2.45, 2.75) is 19.5 Å². The van der Waals surface area contributed by atoms with Crippen molar-refractivity contribution in [1.82, 2.24) is 15.4 Å². The Kier molecular flexibility index (Phi) is 10.3. The van der Waals surface area contributed by atoms with E-state index >= 15 is 0 Å². The summed E-state index contributed by atoms with van der Waals surface area (Å²) >= 11 is 0. The topological polar surface area (TPSA) is 82.6 Å². The molecule has 0 amide bonds. The molecule has 1 atom stereocenters. The van der Waals surface area contributed by atoms with E-state index in [1.54, 1.807) is 7.05 Å². The van der Waals surface area contributed by atoms with Gasteiger partial charge in [-0.3, -0.25) is 4.99 Å². The Hall–Kier alpha value is -1.65. The first-order valence-electron chi connectivity index (χ1n) is 8.53. The van der Waals surface area contributed by atoms with Crippen molar-refractivity contribution in [3.63, 3.8) is 0 Å². The van der Waals surface area contributed by atoms with Gasteiger partial charge >= 0.3 is 0 Å². The van der Waals surface area contributed by atoms with Crippen LogP contribution in [0.1, 0.15) is 24.1 Å². The fourth-order valence-corrected chi connectivity index (χ4v) is 3.29. The molecule has 27 heavy (non-hydrogen) atoms. The average Bonchev–Trinajstić information content (AvgIpc) is 2.67. The molecular formula is C19H27IN4O2S. The zero-order chi connectivity index (χ0) is 18.8. The Morgan fingerprint density at radius 3 is 2.22 bits per heavy atom. The van der Waals surface area contributed by atoms with Crippen molar-refractivity contribution >= 4 is 40.0 Å². The van der Waals surface area contributed by atoms with Gasteiger partial charge in [0.15, 0.2) is 5.96 Å². The number of hydrogen-bond acceptors (Lipinski definition) is 3. The SMILES string of the molecule is CN=C(NCCS(=O)(=O)NCc1ccccc1)NC(C)c1ccccc1.I. The molecule has 1 unspecified atom stereocenters. The lowest BCUT2D eigenvalue weighted by Gasteiger charge is -2.18. The molecule has 0 aliphatic carbocycles. The van der Waals surface area contributed by atoms with E-state index in [0.29, 0.717) is 12.5 Å². The summed E-state index contributed by atoms with van der Waals surface area (Å²) in [6.07, 6.45) is 0. The van der Waals surface area contributed by atoms with E-state index < -0.39 is 10.0 Å². The van der Waals surface area contributed by atoms with E-state index in [-0.39, 0.29) is 42.3 Å². The van der Waals surface area contributed by atoms with E-state index in [4.69, 9.17) is 0 Å². The van der Waals surface area contributed by atoms with Gasteiger partial charge in [0, 0.05) is 20.1 Å². The number of nitrogens with one attached hydrogen (secondary N) is 3. The Balaban J connectivity index is 0.00000364. The first-order valence-corrected chi connectivity index (χ1v) is 10.2. The highest BCUT2D eigenvalue weighted by atomic mass is 127. The maximum atomic E-state index is 12.1. The normalized spacial score (nSPS) is 12.7. The summed E-state index contributed by atoms with van der Waals surface area (Å²) in [5.74, 6) is 0.542. The molecule has 6 nitrogen and oxygen atoms in total. The van der Waals surface area contributed by atoms with Gasteiger partial charge in [-0.15, -0.1) is 24.0 Å². The zero-order valence-corrected chi connectivity index (χ0v) is 18.7. The van der Waals surface area contributed by atoms with Gasteiger partial charge in [0.25, 0.3) is 0 Å². The van der Waals surface area contributed by atoms with Crippen LogP contribution in [-0.4, -0.2) is 33.7 Å². The van der Waals surface area contributed by atoms with Crippen LogP contribution in [-0.2, 0) is 16.6 Å². The Morgan fingerprint density at radius 1 is 1.04 bits per heavy atom. The molecule has 0 fully saturated rings. The molecule has 2 rings (SSSR count). The smallest absolute Gasteiger partial charge is 0.213 e. The Labute approximate surface area is 178 Å². The van der Waals surface area contributed by atoms with E-state index in [1.165, 1.54) is 0 Å². The fourth-order valence-electron chi connectivity index (χ4n) is 2.39. The van der Waals surface area contributed by atoms with Crippen LogP contribution in [0.3, 0.4) is 0 Å². The van der Waals surface area contributed by atoms with Crippen LogP contribution in [0, 0.1) is 0 Å². The van der Waals surface area contributed by atoms with Crippen LogP contribution < -0.4 is 15.4 Å². The number of rotatable bonds is 8. The van der Waals surface area contributed by atoms with E-state index in [2.05, 4.69) is 20.3 Å². The number of sulfonamides is 1. The summed E-state index contributed by atoms with van der Waals surface area (Å²) in [5.41, 5.74) is 2.06. The van der Waals surface area contributed by atoms with Gasteiger partial charge in [-0.05, 0) is 18.1 Å². The van der Waals surface area contributed by atoms with Gasteiger partial charge in [0.2, 0.25) is 10.0 Å². The molecule has 8 heteroatoms. The third-order valence-electron chi connectivity index (χ3n) is 3.88. The fraction of sp³-hybridized carbons (Fsp3) is 0.316. The number of nitrogens with zero attached hydrogens (tertiary/aromatic N) is 1. The highest BCUT2D eigenvalue weighted by Gasteiger charge is 2.11. The number of benzene rings is 2. The van der Waals surface area contributed by atoms with E-state index in [0.717, 1.165) is 11.1 Å². The second-order valence-corrected chi connectivity index (χ2v) is 7.83. The van der Waals surface area contributed by atoms with Crippen LogP contribution in [0.4, 0.5) is 0 Å². The minimum atomic E-state index is -3.36. The van der Waals surface area contributed by atoms with Gasteiger partial charge in [-0.2, -0.15) is 0 Å². The lowest BCUT2D eigenvalue weighted by Crippen LogP contribution is -2.41. The van der Waals surface area contributed by atoms with Crippen molar-refractivity contribution in [1.29, 1.82) is 0 Å². The van der Waals surface area contributed by atoms with Crippen LogP contribution in [0.25, 0.3) is 0 Å². The van der Waals surface area contributed by atoms with Crippen LogP contribution >= 0.6 is 24.0 Å². The highest BCUT2D eigenvalue weighted by molar-refractivity contribution is 14.0. The second-order valence-electron chi connectivity index (χ2n) is 5.90. The second kappa shape index (κ2) is 11.9. The molecule has 3 N–H and O–H groups in total. The molecule has 0 radical (unpaired) electrons. The van der Waals surface area contributed by atoms with Gasteiger partial charge in [-0.25, -0.2) is 13.1 Å². The highest BCUT2D eigenvalue weighted by Crippen LogP contribution is 2.10. The zero-order valence-electron chi connectivity index (χ0n) is 15.6. The van der Waals surface area contributed by atoms with Crippen molar-refractivity contribution in [2.24, 2.45) is 4.99 Å². The van der Waals surface area contributed by atoms with Gasteiger partial charge in [0.1, 0.15) is 0 Å². The first kappa shape index (κ1) is 23.4. The molecule has 2 aromatic carbocycles. The monoisotopic (exact) mass is 502 g/mol. The minimum absolute atomic E-state index is 0. The standard InChI is InChI=1S/C19H26N4O2S.HI/c1-16(18-11-7-4-8-12-18)23-19(20-2)21-13-14-26(24,25)22-15-17-9-5-3-6-10-17;/h3-12,16,22H,13-15H2,1-2H3,(H2,20,21,23);1H. The van der Waals surface area contributed by atoms with Crippen LogP contribution in [0.5, 0.6) is 0 Å². The summed E-state index contributed by atoms with van der Waals surface area (Å²) in [5, 5.41) is 6.29. The molecule has 0 bridgehead atoms. The molecule has 148 valence electrons. The van der Waals surface area contributed by atoms with Crippen molar-refractivity contribution in [2.75, 3.05) is 19.3 Å². The Morgan fingerprint density at radius 2 is 1.63 bits per heavy atom. The maximum Gasteiger partial charge on any atom is 0.213 e. The quantitative estimate of drug-likeness (QED) is 0.295. The lowest BCUT2D eigenvalue weighted by atomic mass is 10.1. The molecule has 0 heterocycles. The number of aliphatic imine (C=N–C) groups is 1. The number of halogens is 1. The molecule has 0 aliphatic rings. The largest absolute Gasteiger partial charge is 0.355 e. The molecule has 0 aromatic heterocycles. The number of hydrogen-bond donors (Lipinski definition) is 3. The lowest BCUT2D eigenvalue weighted by molar-refractivity contribution is 0.579. The van der Waals surface area contributed by atoms with Crippen molar-refractivity contribution < 1.29 is 8.42 Å². The summed E-state index contributed by atoms with van der Waals surface area (Å²) in [6, 6.07) is 19.5. The predicted octanol–water partition coefficient (Wildman–Crippen LogP) is 2.65. The average molecular weight is 502 g/mol. The predicted molar refractivity (Wildman–Crippen MR) is 122 cm³/mol. The van der Waals surface area contributed by atoms with Crippen molar-refractivity contribution in [3.05, 3.63) is 71.8 Å². The molecule has 2 aromatic rings. The summed E-state index contributed by atoms with van der Waals surface area (Å²) < 4.78 is 26.8. The van der Waals surface area contributed by atoms with Gasteiger partial charge < -0.3 is 10.6 Å². The molecule has 0 saturated heterocycles. The van der Waals surface area contributed by atoms with Crippen LogP contribution in [0.15, 0.2) is 65.7 Å². The molecular weight excluding hydrogens is 475 g/mol. The summed E-state index contributed by atoms with van der Waals surface area (Å²) in [6.45, 7) is 2.59. The third-order valence-corrected chi connectivity index (χ3v) is 5.20. The van der Waals surface area contributed by atoms with E-state index in [9.17, 15) is 8.42 Å². The van der Waals surface area contributed by atoms with Crippen molar-refractivity contribution in [3.8, 4) is 0 Å².